The molecule has 0 aromatic heterocycles. The zero-order chi connectivity index (χ0) is 13.9. The molecule has 0 radical (unpaired) electrons. The summed E-state index contributed by atoms with van der Waals surface area (Å²) in [7, 11) is 0. The van der Waals surface area contributed by atoms with Crippen molar-refractivity contribution in [3.05, 3.63) is 29.3 Å². The highest BCUT2D eigenvalue weighted by atomic mass is 32.2. The van der Waals surface area contributed by atoms with E-state index in [1.165, 1.54) is 6.26 Å². The van der Waals surface area contributed by atoms with Crippen molar-refractivity contribution < 1.29 is 18.7 Å². The molecular formula is C12H15F2NO2S. The normalized spacial score (nSPS) is 11.4. The molecule has 2 N–H and O–H groups in total. The molecule has 1 rings (SSSR count). The van der Waals surface area contributed by atoms with Gasteiger partial charge >= 0.3 is 0 Å². The van der Waals surface area contributed by atoms with Gasteiger partial charge in [0, 0.05) is 0 Å². The molecule has 6 heteroatoms. The van der Waals surface area contributed by atoms with Crippen LogP contribution in [0.2, 0.25) is 0 Å². The predicted octanol–water partition coefficient (Wildman–Crippen LogP) is 2.19. The van der Waals surface area contributed by atoms with Crippen LogP contribution in [-0.4, -0.2) is 29.4 Å². The van der Waals surface area contributed by atoms with Crippen molar-refractivity contribution in [2.75, 3.05) is 12.9 Å². The molecule has 0 aliphatic carbocycles. The van der Waals surface area contributed by atoms with Crippen LogP contribution in [0.4, 0.5) is 8.78 Å². The standard InChI is InChI=1S/C12H15F2NO2S/c1-12(2,6-16)15-11(17)7-4-5-8(13)10(18-3)9(7)14/h4-5,16H,6H2,1-3H3,(H,15,17). The Labute approximate surface area is 109 Å². The third-order valence-corrected chi connectivity index (χ3v) is 3.13. The molecule has 0 saturated carbocycles. The third-order valence-electron chi connectivity index (χ3n) is 2.35. The zero-order valence-electron chi connectivity index (χ0n) is 10.4. The smallest absolute Gasteiger partial charge is 0.254 e. The first-order chi connectivity index (χ1) is 8.32. The number of benzene rings is 1. The maximum atomic E-state index is 13.9. The van der Waals surface area contributed by atoms with E-state index >= 15 is 0 Å². The molecule has 1 aromatic rings. The van der Waals surface area contributed by atoms with E-state index < -0.39 is 23.1 Å². The van der Waals surface area contributed by atoms with Crippen molar-refractivity contribution in [1.82, 2.24) is 5.32 Å². The summed E-state index contributed by atoms with van der Waals surface area (Å²) in [4.78, 5) is 11.6. The fourth-order valence-corrected chi connectivity index (χ4v) is 1.86. The third kappa shape index (κ3) is 3.20. The summed E-state index contributed by atoms with van der Waals surface area (Å²) < 4.78 is 27.1. The molecule has 0 bridgehead atoms. The lowest BCUT2D eigenvalue weighted by Gasteiger charge is -2.23. The van der Waals surface area contributed by atoms with E-state index in [1.807, 2.05) is 0 Å². The Morgan fingerprint density at radius 3 is 2.56 bits per heavy atom. The predicted molar refractivity (Wildman–Crippen MR) is 66.8 cm³/mol. The Balaban J connectivity index is 3.08. The minimum absolute atomic E-state index is 0.190. The molecule has 0 aliphatic rings. The van der Waals surface area contributed by atoms with E-state index in [0.29, 0.717) is 0 Å². The van der Waals surface area contributed by atoms with Gasteiger partial charge in [-0.15, -0.1) is 11.8 Å². The number of nitrogens with one attached hydrogen (secondary N) is 1. The topological polar surface area (TPSA) is 49.3 Å². The summed E-state index contributed by atoms with van der Waals surface area (Å²) in [5.41, 5.74) is -1.10. The van der Waals surface area contributed by atoms with Crippen LogP contribution < -0.4 is 5.32 Å². The monoisotopic (exact) mass is 275 g/mol. The first-order valence-electron chi connectivity index (χ1n) is 5.27. The first kappa shape index (κ1) is 14.9. The number of halogens is 2. The lowest BCUT2D eigenvalue weighted by atomic mass is 10.1. The largest absolute Gasteiger partial charge is 0.394 e. The van der Waals surface area contributed by atoms with Gasteiger partial charge in [-0.2, -0.15) is 0 Å². The number of carbonyl (C=O) groups excluding carboxylic acids is 1. The molecule has 18 heavy (non-hydrogen) atoms. The van der Waals surface area contributed by atoms with E-state index in [0.717, 1.165) is 23.9 Å². The molecule has 0 unspecified atom stereocenters. The number of thioether (sulfide) groups is 1. The van der Waals surface area contributed by atoms with Gasteiger partial charge in [-0.25, -0.2) is 8.78 Å². The summed E-state index contributed by atoms with van der Waals surface area (Å²) in [5, 5.41) is 11.5. The minimum atomic E-state index is -0.881. The highest BCUT2D eigenvalue weighted by Crippen LogP contribution is 2.25. The van der Waals surface area contributed by atoms with Gasteiger partial charge in [-0.05, 0) is 32.2 Å². The van der Waals surface area contributed by atoms with Gasteiger partial charge in [-0.1, -0.05) is 0 Å². The van der Waals surface area contributed by atoms with Gasteiger partial charge in [0.2, 0.25) is 0 Å². The average Bonchev–Trinajstić information content (AvgIpc) is 2.29. The minimum Gasteiger partial charge on any atom is -0.394 e. The maximum Gasteiger partial charge on any atom is 0.254 e. The molecule has 1 aromatic carbocycles. The number of carbonyl (C=O) groups is 1. The van der Waals surface area contributed by atoms with Gasteiger partial charge in [0.1, 0.15) is 5.82 Å². The van der Waals surface area contributed by atoms with Crippen LogP contribution >= 0.6 is 11.8 Å². The van der Waals surface area contributed by atoms with Gasteiger partial charge in [0.05, 0.1) is 22.6 Å². The molecule has 0 saturated heterocycles. The Morgan fingerprint density at radius 2 is 2.06 bits per heavy atom. The summed E-state index contributed by atoms with van der Waals surface area (Å²) in [6.45, 7) is 2.92. The van der Waals surface area contributed by atoms with Crippen LogP contribution in [0.15, 0.2) is 17.0 Å². The van der Waals surface area contributed by atoms with Crippen LogP contribution in [0.25, 0.3) is 0 Å². The van der Waals surface area contributed by atoms with Crippen molar-refractivity contribution in [2.45, 2.75) is 24.3 Å². The second-order valence-electron chi connectivity index (χ2n) is 4.44. The molecule has 0 heterocycles. The van der Waals surface area contributed by atoms with E-state index in [2.05, 4.69) is 5.32 Å². The molecule has 0 atom stereocenters. The van der Waals surface area contributed by atoms with Crippen molar-refractivity contribution in [3.63, 3.8) is 0 Å². The second-order valence-corrected chi connectivity index (χ2v) is 5.25. The van der Waals surface area contributed by atoms with Crippen LogP contribution in [0.3, 0.4) is 0 Å². The molecule has 100 valence electrons. The van der Waals surface area contributed by atoms with Crippen LogP contribution in [-0.2, 0) is 0 Å². The fourth-order valence-electron chi connectivity index (χ4n) is 1.31. The summed E-state index contributed by atoms with van der Waals surface area (Å²) >= 11 is 0.898. The van der Waals surface area contributed by atoms with Gasteiger partial charge in [-0.3, -0.25) is 4.79 Å². The van der Waals surface area contributed by atoms with Crippen LogP contribution in [0.5, 0.6) is 0 Å². The molecule has 1 amide bonds. The summed E-state index contributed by atoms with van der Waals surface area (Å²) in [6.07, 6.45) is 1.53. The van der Waals surface area contributed by atoms with Gasteiger partial charge < -0.3 is 10.4 Å². The number of rotatable bonds is 4. The van der Waals surface area contributed by atoms with E-state index in [-0.39, 0.29) is 17.1 Å². The lowest BCUT2D eigenvalue weighted by molar-refractivity contribution is 0.0864. The summed E-state index contributed by atoms with van der Waals surface area (Å²) in [6, 6.07) is 2.14. The van der Waals surface area contributed by atoms with Crippen molar-refractivity contribution >= 4 is 17.7 Å². The number of hydrogen-bond donors (Lipinski definition) is 2. The lowest BCUT2D eigenvalue weighted by Crippen LogP contribution is -2.46. The van der Waals surface area contributed by atoms with Gasteiger partial charge in [0.15, 0.2) is 5.82 Å². The second kappa shape index (κ2) is 5.67. The molecule has 3 nitrogen and oxygen atoms in total. The number of hydrogen-bond acceptors (Lipinski definition) is 3. The molecule has 0 spiro atoms. The first-order valence-corrected chi connectivity index (χ1v) is 6.50. The van der Waals surface area contributed by atoms with E-state index in [1.54, 1.807) is 13.8 Å². The van der Waals surface area contributed by atoms with Crippen LogP contribution in [0, 0.1) is 11.6 Å². The highest BCUT2D eigenvalue weighted by molar-refractivity contribution is 7.98. The van der Waals surface area contributed by atoms with Crippen molar-refractivity contribution in [3.8, 4) is 0 Å². The molecule has 0 fully saturated rings. The summed E-state index contributed by atoms with van der Waals surface area (Å²) in [5.74, 6) is -2.26. The van der Waals surface area contributed by atoms with E-state index in [9.17, 15) is 13.6 Å². The quantitative estimate of drug-likeness (QED) is 0.828. The van der Waals surface area contributed by atoms with Crippen molar-refractivity contribution in [2.24, 2.45) is 0 Å². The van der Waals surface area contributed by atoms with Gasteiger partial charge in [0.25, 0.3) is 5.91 Å². The SMILES string of the molecule is CSc1c(F)ccc(C(=O)NC(C)(C)CO)c1F. The average molecular weight is 275 g/mol. The Bertz CT molecular complexity index is 464. The number of amides is 1. The van der Waals surface area contributed by atoms with Crippen molar-refractivity contribution in [1.29, 1.82) is 0 Å². The molecular weight excluding hydrogens is 260 g/mol. The van der Waals surface area contributed by atoms with Crippen LogP contribution in [0.1, 0.15) is 24.2 Å². The molecule has 0 aliphatic heterocycles. The maximum absolute atomic E-state index is 13.9. The zero-order valence-corrected chi connectivity index (χ0v) is 11.2. The Hall–Kier alpha value is -1.14. The Kier molecular flexibility index (Phi) is 4.70. The van der Waals surface area contributed by atoms with E-state index in [4.69, 9.17) is 5.11 Å². The number of aliphatic hydroxyl groups excluding tert-OH is 1. The number of aliphatic hydroxyl groups is 1. The Morgan fingerprint density at radius 1 is 1.44 bits per heavy atom. The fraction of sp³-hybridized carbons (Fsp3) is 0.417. The highest BCUT2D eigenvalue weighted by Gasteiger charge is 2.24.